The highest BCUT2D eigenvalue weighted by Gasteiger charge is 2.58. The average Bonchev–Trinajstić information content (AvgIpc) is 3.31. The van der Waals surface area contributed by atoms with E-state index in [-0.39, 0.29) is 42.0 Å². The van der Waals surface area contributed by atoms with Gasteiger partial charge in [0, 0.05) is 43.0 Å². The molecule has 1 saturated carbocycles. The molecular formula is C24H24N4O4. The van der Waals surface area contributed by atoms with Crippen molar-refractivity contribution in [1.29, 1.82) is 0 Å². The number of hydrogen-bond acceptors (Lipinski definition) is 6. The molecule has 6 rings (SSSR count). The number of ether oxygens (including phenoxy) is 1. The highest BCUT2D eigenvalue weighted by atomic mass is 16.5. The molecule has 8 heteroatoms. The van der Waals surface area contributed by atoms with Crippen LogP contribution in [0.4, 0.5) is 5.69 Å². The molecule has 1 aromatic carbocycles. The number of carbonyl (C=O) groups is 3. The number of likely N-dealkylation sites (tertiary alicyclic amines) is 1. The largest absolute Gasteiger partial charge is 0.379 e. The smallest absolute Gasteiger partial charge is 0.256 e. The number of allylic oxidation sites excluding steroid dienone is 1. The van der Waals surface area contributed by atoms with Crippen molar-refractivity contribution in [2.75, 3.05) is 38.2 Å². The van der Waals surface area contributed by atoms with E-state index in [2.05, 4.69) is 21.3 Å². The number of amides is 3. The Kier molecular flexibility index (Phi) is 4.58. The van der Waals surface area contributed by atoms with Crippen molar-refractivity contribution in [3.05, 3.63) is 47.2 Å². The third-order valence-corrected chi connectivity index (χ3v) is 6.83. The standard InChI is InChI=1S/C24H24N4O4/c29-22-18(9-16-7-15(11-25-16)12-27-3-5-32-6-4-27)17-8-14(1-2-21(17)26-22)13-28-23(30)19-10-20(19)24(28)31/h1-2,7-9,11,15,19-20H,3-6,10,12-13H2,(H,26,29)/t15?,19-,20+. The summed E-state index contributed by atoms with van der Waals surface area (Å²) in [5.74, 6) is -0.292. The minimum Gasteiger partial charge on any atom is -0.379 e. The van der Waals surface area contributed by atoms with Crippen LogP contribution in [0, 0.1) is 17.8 Å². The average molecular weight is 432 g/mol. The van der Waals surface area contributed by atoms with E-state index < -0.39 is 0 Å². The van der Waals surface area contributed by atoms with Crippen LogP contribution < -0.4 is 5.32 Å². The van der Waals surface area contributed by atoms with Gasteiger partial charge in [0.05, 0.1) is 42.9 Å². The van der Waals surface area contributed by atoms with Crippen molar-refractivity contribution in [3.8, 4) is 0 Å². The summed E-state index contributed by atoms with van der Waals surface area (Å²) in [4.78, 5) is 45.5. The summed E-state index contributed by atoms with van der Waals surface area (Å²) >= 11 is 0. The number of carbonyl (C=O) groups excluding carboxylic acids is 3. The number of hydrogen-bond donors (Lipinski definition) is 1. The maximum absolute atomic E-state index is 12.6. The third-order valence-electron chi connectivity index (χ3n) is 6.83. The molecule has 3 atom stereocenters. The van der Waals surface area contributed by atoms with E-state index in [0.29, 0.717) is 12.0 Å². The van der Waals surface area contributed by atoms with Crippen LogP contribution in [0.5, 0.6) is 0 Å². The number of piperidine rings is 1. The topological polar surface area (TPSA) is 91.3 Å². The number of benzene rings is 1. The van der Waals surface area contributed by atoms with Gasteiger partial charge in [0.2, 0.25) is 11.8 Å². The van der Waals surface area contributed by atoms with Gasteiger partial charge in [-0.3, -0.25) is 29.2 Å². The van der Waals surface area contributed by atoms with Gasteiger partial charge in [0.15, 0.2) is 0 Å². The van der Waals surface area contributed by atoms with Gasteiger partial charge in [-0.15, -0.1) is 0 Å². The first kappa shape index (κ1) is 19.6. The van der Waals surface area contributed by atoms with E-state index in [1.807, 2.05) is 30.5 Å². The summed E-state index contributed by atoms with van der Waals surface area (Å²) in [7, 11) is 0. The van der Waals surface area contributed by atoms with Crippen LogP contribution in [0.2, 0.25) is 0 Å². The van der Waals surface area contributed by atoms with Gasteiger partial charge < -0.3 is 10.1 Å². The Bertz CT molecular complexity index is 1090. The molecule has 1 N–H and O–H groups in total. The van der Waals surface area contributed by atoms with Gasteiger partial charge in [-0.05, 0) is 36.3 Å². The van der Waals surface area contributed by atoms with Gasteiger partial charge in [-0.1, -0.05) is 6.07 Å². The minimum absolute atomic E-state index is 0.0674. The molecule has 0 bridgehead atoms. The van der Waals surface area contributed by atoms with Gasteiger partial charge >= 0.3 is 0 Å². The Balaban J connectivity index is 1.20. The summed E-state index contributed by atoms with van der Waals surface area (Å²) in [6.07, 6.45) is 6.54. The number of fused-ring (bicyclic) bond motifs is 2. The molecule has 0 radical (unpaired) electrons. The second-order valence-electron chi connectivity index (χ2n) is 9.05. The molecule has 1 aliphatic carbocycles. The lowest BCUT2D eigenvalue weighted by atomic mass is 10.0. The van der Waals surface area contributed by atoms with Crippen LogP contribution in [0.25, 0.3) is 5.57 Å². The number of nitrogens with one attached hydrogen (secondary N) is 1. The molecule has 5 aliphatic rings. The zero-order valence-electron chi connectivity index (χ0n) is 17.6. The Morgan fingerprint density at radius 2 is 1.91 bits per heavy atom. The number of imide groups is 1. The number of morpholine rings is 1. The summed E-state index contributed by atoms with van der Waals surface area (Å²) in [5, 5.41) is 2.89. The van der Waals surface area contributed by atoms with E-state index in [4.69, 9.17) is 4.74 Å². The van der Waals surface area contributed by atoms with E-state index >= 15 is 0 Å². The van der Waals surface area contributed by atoms with Crippen LogP contribution in [-0.2, 0) is 25.7 Å². The fourth-order valence-electron chi connectivity index (χ4n) is 4.97. The normalized spacial score (nSPS) is 30.1. The first-order valence-electron chi connectivity index (χ1n) is 11.1. The molecule has 8 nitrogen and oxygen atoms in total. The summed E-state index contributed by atoms with van der Waals surface area (Å²) < 4.78 is 5.40. The zero-order chi connectivity index (χ0) is 21.8. The Labute approximate surface area is 185 Å². The quantitative estimate of drug-likeness (QED) is 0.562. The summed E-state index contributed by atoms with van der Waals surface area (Å²) in [5.41, 5.74) is 3.68. The second-order valence-corrected chi connectivity index (χ2v) is 9.05. The second kappa shape index (κ2) is 7.50. The molecule has 3 fully saturated rings. The molecule has 1 aromatic rings. The number of anilines is 1. The van der Waals surface area contributed by atoms with Crippen molar-refractivity contribution in [3.63, 3.8) is 0 Å². The Morgan fingerprint density at radius 3 is 2.69 bits per heavy atom. The third kappa shape index (κ3) is 3.40. The van der Waals surface area contributed by atoms with Gasteiger partial charge in [-0.2, -0.15) is 0 Å². The summed E-state index contributed by atoms with van der Waals surface area (Å²) in [6, 6.07) is 5.59. The molecule has 4 aliphatic heterocycles. The SMILES string of the molecule is O=C1Nc2ccc(CN3C(=O)[C@H]4C[C@H]4C3=O)cc2C1=CC1=CC(CN2CCOCC2)C=N1. The maximum Gasteiger partial charge on any atom is 0.256 e. The molecule has 0 aromatic heterocycles. The van der Waals surface area contributed by atoms with Crippen molar-refractivity contribution in [1.82, 2.24) is 9.80 Å². The van der Waals surface area contributed by atoms with Crippen LogP contribution in [-0.4, -0.2) is 66.6 Å². The minimum atomic E-state index is -0.167. The maximum atomic E-state index is 12.6. The fourth-order valence-corrected chi connectivity index (χ4v) is 4.97. The highest BCUT2D eigenvalue weighted by Crippen LogP contribution is 2.47. The molecule has 1 unspecified atom stereocenters. The first-order chi connectivity index (χ1) is 15.6. The van der Waals surface area contributed by atoms with Crippen LogP contribution in [0.3, 0.4) is 0 Å². The first-order valence-corrected chi connectivity index (χ1v) is 11.1. The molecule has 164 valence electrons. The van der Waals surface area contributed by atoms with E-state index in [0.717, 1.165) is 55.4 Å². The Hall–Kier alpha value is -3.10. The lowest BCUT2D eigenvalue weighted by Crippen LogP contribution is -2.39. The lowest BCUT2D eigenvalue weighted by molar-refractivity contribution is -0.142. The van der Waals surface area contributed by atoms with Crippen LogP contribution in [0.1, 0.15) is 17.5 Å². The van der Waals surface area contributed by atoms with Gasteiger partial charge in [0.25, 0.3) is 5.91 Å². The van der Waals surface area contributed by atoms with Crippen LogP contribution >= 0.6 is 0 Å². The Morgan fingerprint density at radius 1 is 1.12 bits per heavy atom. The van der Waals surface area contributed by atoms with Crippen molar-refractivity contribution < 1.29 is 19.1 Å². The van der Waals surface area contributed by atoms with Crippen molar-refractivity contribution in [2.24, 2.45) is 22.7 Å². The van der Waals surface area contributed by atoms with E-state index in [1.165, 1.54) is 4.90 Å². The predicted molar refractivity (Wildman–Crippen MR) is 118 cm³/mol. The molecule has 2 saturated heterocycles. The number of nitrogens with zero attached hydrogens (tertiary/aromatic N) is 3. The van der Waals surface area contributed by atoms with Crippen molar-refractivity contribution >= 4 is 35.2 Å². The summed E-state index contributed by atoms with van der Waals surface area (Å²) in [6.45, 7) is 4.53. The van der Waals surface area contributed by atoms with Gasteiger partial charge in [-0.25, -0.2) is 0 Å². The highest BCUT2D eigenvalue weighted by molar-refractivity contribution is 6.32. The molecule has 32 heavy (non-hydrogen) atoms. The molecule has 0 spiro atoms. The predicted octanol–water partition coefficient (Wildman–Crippen LogP) is 1.44. The molecule has 4 heterocycles. The molecular weight excluding hydrogens is 408 g/mol. The number of aliphatic imine (C=N–C) groups is 1. The van der Waals surface area contributed by atoms with E-state index in [1.54, 1.807) is 0 Å². The monoisotopic (exact) mass is 432 g/mol. The van der Waals surface area contributed by atoms with Gasteiger partial charge in [0.1, 0.15) is 0 Å². The zero-order valence-corrected chi connectivity index (χ0v) is 17.6. The van der Waals surface area contributed by atoms with Crippen LogP contribution in [0.15, 0.2) is 41.0 Å². The fraction of sp³-hybridized carbons (Fsp3) is 0.417. The molecule has 3 amide bonds. The van der Waals surface area contributed by atoms with Crippen molar-refractivity contribution in [2.45, 2.75) is 13.0 Å². The van der Waals surface area contributed by atoms with E-state index in [9.17, 15) is 14.4 Å². The number of rotatable bonds is 5. The lowest BCUT2D eigenvalue weighted by Gasteiger charge is -2.27.